The fraction of sp³-hybridized carbons (Fsp3) is 0.500. The van der Waals surface area contributed by atoms with Crippen LogP contribution in [-0.2, 0) is 12.4 Å². The van der Waals surface area contributed by atoms with E-state index in [2.05, 4.69) is 4.98 Å². The zero-order valence-corrected chi connectivity index (χ0v) is 7.96. The van der Waals surface area contributed by atoms with E-state index < -0.39 is 12.7 Å². The Balaban J connectivity index is 0.00000144. The molecule has 0 aliphatic rings. The smallest absolute Gasteiger partial charge is 0.325 e. The quantitative estimate of drug-likeness (QED) is 0.720. The molecule has 0 aliphatic carbocycles. The summed E-state index contributed by atoms with van der Waals surface area (Å²) in [6.45, 7) is -1.03. The summed E-state index contributed by atoms with van der Waals surface area (Å²) in [4.78, 5) is 3.65. The van der Waals surface area contributed by atoms with E-state index in [-0.39, 0.29) is 24.1 Å². The van der Waals surface area contributed by atoms with Crippen molar-refractivity contribution < 1.29 is 13.2 Å². The summed E-state index contributed by atoms with van der Waals surface area (Å²) in [5, 5.41) is 0. The average molecular weight is 235 g/mol. The van der Waals surface area contributed by atoms with Gasteiger partial charge in [0.1, 0.15) is 12.4 Å². The first-order valence-electron chi connectivity index (χ1n) is 3.15. The van der Waals surface area contributed by atoms with Crippen LogP contribution in [0, 0.1) is 0 Å². The highest BCUT2D eigenvalue weighted by Gasteiger charge is 2.28. The van der Waals surface area contributed by atoms with Crippen molar-refractivity contribution >= 4 is 24.0 Å². The number of hydrogen-bond donors (Lipinski definition) is 0. The first-order valence-corrected chi connectivity index (χ1v) is 3.69. The second-order valence-electron chi connectivity index (χ2n) is 2.22. The van der Waals surface area contributed by atoms with Crippen molar-refractivity contribution in [2.24, 2.45) is 0 Å². The normalized spacial score (nSPS) is 11.1. The molecule has 1 rings (SSSR count). The van der Waals surface area contributed by atoms with Gasteiger partial charge in [0.25, 0.3) is 0 Å². The molecule has 2 nitrogen and oxygen atoms in total. The van der Waals surface area contributed by atoms with E-state index in [1.807, 2.05) is 0 Å². The van der Waals surface area contributed by atoms with E-state index in [1.54, 1.807) is 0 Å². The van der Waals surface area contributed by atoms with Gasteiger partial charge in [-0.1, -0.05) is 0 Å². The van der Waals surface area contributed by atoms with Crippen molar-refractivity contribution in [2.75, 3.05) is 0 Å². The number of hydrogen-bond acceptors (Lipinski definition) is 1. The van der Waals surface area contributed by atoms with Crippen LogP contribution in [0.4, 0.5) is 13.2 Å². The summed E-state index contributed by atoms with van der Waals surface area (Å²) in [7, 11) is 0. The van der Waals surface area contributed by atoms with Crippen LogP contribution in [-0.4, -0.2) is 15.7 Å². The molecule has 7 heteroatoms. The average Bonchev–Trinajstić information content (AvgIpc) is 2.31. The SMILES string of the molecule is Cl.FC(F)(F)Cn1ccnc1CCl. The minimum Gasteiger partial charge on any atom is -0.325 e. The standard InChI is InChI=1S/C6H6ClF3N2.ClH/c7-3-5-11-1-2-12(5)4-6(8,9)10;/h1-2H,3-4H2;1H. The van der Waals surface area contributed by atoms with Gasteiger partial charge in [-0.2, -0.15) is 13.2 Å². The molecule has 0 saturated heterocycles. The number of halogens is 5. The van der Waals surface area contributed by atoms with E-state index in [4.69, 9.17) is 11.6 Å². The molecule has 0 radical (unpaired) electrons. The highest BCUT2D eigenvalue weighted by molar-refractivity contribution is 6.16. The third kappa shape index (κ3) is 3.87. The molecule has 0 bridgehead atoms. The van der Waals surface area contributed by atoms with Gasteiger partial charge in [-0.15, -0.1) is 24.0 Å². The summed E-state index contributed by atoms with van der Waals surface area (Å²) in [6.07, 6.45) is -1.67. The topological polar surface area (TPSA) is 17.8 Å². The van der Waals surface area contributed by atoms with E-state index >= 15 is 0 Å². The molecule has 0 aromatic carbocycles. The van der Waals surface area contributed by atoms with Gasteiger partial charge in [-0.05, 0) is 0 Å². The largest absolute Gasteiger partial charge is 0.406 e. The Hall–Kier alpha value is -0.420. The molecule has 1 aromatic rings. The molecule has 0 aliphatic heterocycles. The molecular weight excluding hydrogens is 228 g/mol. The van der Waals surface area contributed by atoms with E-state index in [0.29, 0.717) is 0 Å². The van der Waals surface area contributed by atoms with Crippen molar-refractivity contribution in [1.29, 1.82) is 0 Å². The van der Waals surface area contributed by atoms with Crippen molar-refractivity contribution in [2.45, 2.75) is 18.6 Å². The lowest BCUT2D eigenvalue weighted by Crippen LogP contribution is -2.18. The Labute approximate surface area is 84.1 Å². The van der Waals surface area contributed by atoms with Crippen LogP contribution in [0.1, 0.15) is 5.82 Å². The summed E-state index contributed by atoms with van der Waals surface area (Å²) in [6, 6.07) is 0. The van der Waals surface area contributed by atoms with E-state index in [1.165, 1.54) is 12.4 Å². The van der Waals surface area contributed by atoms with Gasteiger partial charge in [-0.25, -0.2) is 4.98 Å². The summed E-state index contributed by atoms with van der Waals surface area (Å²) >= 11 is 5.35. The first kappa shape index (κ1) is 12.6. The van der Waals surface area contributed by atoms with Gasteiger partial charge < -0.3 is 4.57 Å². The zero-order chi connectivity index (χ0) is 9.19. The molecule has 1 heterocycles. The number of aromatic nitrogens is 2. The van der Waals surface area contributed by atoms with Crippen LogP contribution in [0.5, 0.6) is 0 Å². The number of rotatable bonds is 2. The second kappa shape index (κ2) is 4.72. The van der Waals surface area contributed by atoms with Gasteiger partial charge in [0.15, 0.2) is 0 Å². The molecule has 0 unspecified atom stereocenters. The van der Waals surface area contributed by atoms with Crippen molar-refractivity contribution in [3.8, 4) is 0 Å². The molecule has 0 amide bonds. The lowest BCUT2D eigenvalue weighted by molar-refractivity contribution is -0.140. The van der Waals surface area contributed by atoms with Gasteiger partial charge in [0.05, 0.1) is 5.88 Å². The minimum absolute atomic E-state index is 0. The predicted octanol–water partition coefficient (Wildman–Crippen LogP) is 2.61. The first-order chi connectivity index (χ1) is 5.53. The van der Waals surface area contributed by atoms with Crippen LogP contribution in [0.3, 0.4) is 0 Å². The summed E-state index contributed by atoms with van der Waals surface area (Å²) in [5.74, 6) is 0.220. The molecule has 0 atom stereocenters. The van der Waals surface area contributed by atoms with Gasteiger partial charge in [0, 0.05) is 12.4 Å². The van der Waals surface area contributed by atoms with Crippen LogP contribution in [0.25, 0.3) is 0 Å². The second-order valence-corrected chi connectivity index (χ2v) is 2.49. The van der Waals surface area contributed by atoms with Crippen molar-refractivity contribution in [3.05, 3.63) is 18.2 Å². The third-order valence-electron chi connectivity index (χ3n) is 1.27. The number of alkyl halides is 4. The monoisotopic (exact) mass is 234 g/mol. The fourth-order valence-corrected chi connectivity index (χ4v) is 1.03. The van der Waals surface area contributed by atoms with Crippen LogP contribution in [0.15, 0.2) is 12.4 Å². The molecule has 13 heavy (non-hydrogen) atoms. The van der Waals surface area contributed by atoms with Crippen molar-refractivity contribution in [1.82, 2.24) is 9.55 Å². The predicted molar refractivity (Wildman–Crippen MR) is 45.1 cm³/mol. The highest BCUT2D eigenvalue weighted by atomic mass is 35.5. The molecular formula is C6H7Cl2F3N2. The zero-order valence-electron chi connectivity index (χ0n) is 6.38. The molecule has 0 spiro atoms. The van der Waals surface area contributed by atoms with Crippen LogP contribution in [0.2, 0.25) is 0 Å². The maximum Gasteiger partial charge on any atom is 0.406 e. The van der Waals surface area contributed by atoms with Crippen LogP contribution < -0.4 is 0 Å². The Morgan fingerprint density at radius 3 is 2.54 bits per heavy atom. The lowest BCUT2D eigenvalue weighted by atomic mass is 10.5. The van der Waals surface area contributed by atoms with Gasteiger partial charge in [-0.3, -0.25) is 0 Å². The Kier molecular flexibility index (Phi) is 4.56. The minimum atomic E-state index is -4.22. The molecule has 76 valence electrons. The molecule has 0 N–H and O–H groups in total. The Morgan fingerprint density at radius 1 is 1.46 bits per heavy atom. The van der Waals surface area contributed by atoms with Gasteiger partial charge >= 0.3 is 6.18 Å². The Bertz CT molecular complexity index is 259. The number of imidazole rings is 1. The Morgan fingerprint density at radius 2 is 2.08 bits per heavy atom. The van der Waals surface area contributed by atoms with E-state index in [9.17, 15) is 13.2 Å². The molecule has 0 saturated carbocycles. The third-order valence-corrected chi connectivity index (χ3v) is 1.51. The van der Waals surface area contributed by atoms with Crippen LogP contribution >= 0.6 is 24.0 Å². The summed E-state index contributed by atoms with van der Waals surface area (Å²) < 4.78 is 36.5. The van der Waals surface area contributed by atoms with E-state index in [0.717, 1.165) is 4.57 Å². The summed E-state index contributed by atoms with van der Waals surface area (Å²) in [5.41, 5.74) is 0. The maximum absolute atomic E-state index is 11.8. The molecule has 1 aromatic heterocycles. The number of nitrogens with zero attached hydrogens (tertiary/aromatic N) is 2. The highest BCUT2D eigenvalue weighted by Crippen LogP contribution is 2.18. The maximum atomic E-state index is 11.8. The molecule has 0 fully saturated rings. The fourth-order valence-electron chi connectivity index (χ4n) is 0.808. The van der Waals surface area contributed by atoms with Gasteiger partial charge in [0.2, 0.25) is 0 Å². The lowest BCUT2D eigenvalue weighted by Gasteiger charge is -2.08. The van der Waals surface area contributed by atoms with Crippen molar-refractivity contribution in [3.63, 3.8) is 0 Å².